The van der Waals surface area contributed by atoms with Gasteiger partial charge in [0.05, 0.1) is 35.0 Å². The maximum absolute atomic E-state index is 14.0. The van der Waals surface area contributed by atoms with Crippen molar-refractivity contribution in [3.63, 3.8) is 0 Å². The highest BCUT2D eigenvalue weighted by atomic mass is 19.4. The summed E-state index contributed by atoms with van der Waals surface area (Å²) in [6.45, 7) is 3.79. The zero-order valence-electron chi connectivity index (χ0n) is 24.9. The van der Waals surface area contributed by atoms with Crippen molar-refractivity contribution in [1.82, 2.24) is 4.98 Å². The average Bonchev–Trinajstić information content (AvgIpc) is 2.95. The molecule has 1 aromatic heterocycles. The number of hydrogen-bond acceptors (Lipinski definition) is 4. The normalized spacial score (nSPS) is 17.6. The van der Waals surface area contributed by atoms with Gasteiger partial charge in [0, 0.05) is 23.6 Å². The Morgan fingerprint density at radius 1 is 0.867 bits per heavy atom. The number of benzene rings is 2. The topological polar surface area (TPSA) is 79.3 Å². The number of pyridine rings is 1. The molecule has 242 valence electrons. The van der Waals surface area contributed by atoms with Crippen LogP contribution in [0.4, 0.5) is 36.4 Å². The van der Waals surface area contributed by atoms with Crippen LogP contribution in [0.15, 0.2) is 48.7 Å². The molecule has 2 aromatic carbocycles. The molecule has 1 saturated carbocycles. The smallest absolute Gasteiger partial charge is 0.416 e. The van der Waals surface area contributed by atoms with Crippen LogP contribution >= 0.6 is 0 Å². The number of carboxylic acids is 1. The van der Waals surface area contributed by atoms with Crippen LogP contribution in [0.1, 0.15) is 79.8 Å². The van der Waals surface area contributed by atoms with Gasteiger partial charge in [-0.2, -0.15) is 26.3 Å². The third-order valence-electron chi connectivity index (χ3n) is 8.58. The molecule has 12 heteroatoms. The minimum Gasteiger partial charge on any atom is -0.481 e. The van der Waals surface area contributed by atoms with Gasteiger partial charge in [0.15, 0.2) is 5.78 Å². The van der Waals surface area contributed by atoms with Crippen LogP contribution in [0, 0.1) is 18.7 Å². The summed E-state index contributed by atoms with van der Waals surface area (Å²) in [6, 6.07) is 7.16. The molecular formula is C33H33F7N2O3. The summed E-state index contributed by atoms with van der Waals surface area (Å²) in [5, 5.41) is 12.1. The number of Topliss-reactive ketones (excluding diaryl/α,β-unsaturated/α-hetero) is 1. The second-order valence-electron chi connectivity index (χ2n) is 12.1. The lowest BCUT2D eigenvalue weighted by atomic mass is 9.78. The second kappa shape index (κ2) is 12.8. The van der Waals surface area contributed by atoms with Crippen molar-refractivity contribution in [2.75, 3.05) is 11.9 Å². The van der Waals surface area contributed by atoms with E-state index in [0.29, 0.717) is 34.5 Å². The number of ketones is 1. The Balaban J connectivity index is 1.63. The summed E-state index contributed by atoms with van der Waals surface area (Å²) in [5.41, 5.74) is -2.24. The van der Waals surface area contributed by atoms with Crippen LogP contribution in [0.2, 0.25) is 0 Å². The predicted molar refractivity (Wildman–Crippen MR) is 154 cm³/mol. The first-order chi connectivity index (χ1) is 20.9. The lowest BCUT2D eigenvalue weighted by Crippen LogP contribution is -2.35. The molecule has 1 aliphatic carbocycles. The Bertz CT molecular complexity index is 1540. The van der Waals surface area contributed by atoms with E-state index in [0.717, 1.165) is 31.4 Å². The number of nitrogens with one attached hydrogen (secondary N) is 1. The van der Waals surface area contributed by atoms with Crippen molar-refractivity contribution in [3.8, 4) is 11.1 Å². The van der Waals surface area contributed by atoms with Gasteiger partial charge in [0.1, 0.15) is 5.82 Å². The van der Waals surface area contributed by atoms with E-state index in [4.69, 9.17) is 5.11 Å². The quantitative estimate of drug-likeness (QED) is 0.229. The molecule has 0 aliphatic heterocycles. The fraction of sp³-hybridized carbons (Fsp3) is 0.424. The van der Waals surface area contributed by atoms with Crippen molar-refractivity contribution in [1.29, 1.82) is 0 Å². The van der Waals surface area contributed by atoms with Gasteiger partial charge in [0.2, 0.25) is 0 Å². The molecule has 0 spiro atoms. The molecule has 45 heavy (non-hydrogen) atoms. The van der Waals surface area contributed by atoms with E-state index in [-0.39, 0.29) is 24.3 Å². The van der Waals surface area contributed by atoms with Crippen molar-refractivity contribution in [2.45, 2.75) is 76.6 Å². The molecule has 1 aliphatic rings. The molecule has 3 aromatic rings. The number of anilines is 1. The Kier molecular flexibility index (Phi) is 9.65. The standard InChI is InChI=1S/C33H33F7N2O3/c1-18-10-24(34)8-9-25(18)26-15-27(20-6-4-19(5-7-20)11-30(44)45)41-16-28(26)42-17-29(43)31(2,3)21-12-22(32(35,36)37)14-23(13-21)33(38,39)40/h8-10,12-16,19-20,42H,4-7,11,17H2,1-3H3,(H,44,45)/t19-,20+. The number of carbonyl (C=O) groups is 2. The van der Waals surface area contributed by atoms with Gasteiger partial charge in [-0.25, -0.2) is 4.39 Å². The van der Waals surface area contributed by atoms with Crippen molar-refractivity contribution >= 4 is 17.4 Å². The monoisotopic (exact) mass is 638 g/mol. The maximum atomic E-state index is 14.0. The summed E-state index contributed by atoms with van der Waals surface area (Å²) in [6.07, 6.45) is -5.62. The number of nitrogens with zero attached hydrogens (tertiary/aromatic N) is 1. The number of rotatable bonds is 9. The number of hydrogen-bond donors (Lipinski definition) is 2. The molecule has 1 heterocycles. The molecule has 2 N–H and O–H groups in total. The van der Waals surface area contributed by atoms with Crippen LogP contribution < -0.4 is 5.32 Å². The maximum Gasteiger partial charge on any atom is 0.416 e. The van der Waals surface area contributed by atoms with Gasteiger partial charge >= 0.3 is 18.3 Å². The Morgan fingerprint density at radius 2 is 1.44 bits per heavy atom. The molecule has 1 fully saturated rings. The SMILES string of the molecule is Cc1cc(F)ccc1-c1cc([C@H]2CC[C@@H](CC(=O)O)CC2)ncc1NCC(=O)C(C)(C)c1cc(C(F)(F)F)cc(C(F)(F)F)c1. The van der Waals surface area contributed by atoms with Crippen LogP contribution in [0.3, 0.4) is 0 Å². The minimum atomic E-state index is -5.06. The summed E-state index contributed by atoms with van der Waals surface area (Å²) in [7, 11) is 0. The number of aryl methyl sites for hydroxylation is 1. The molecule has 0 unspecified atom stereocenters. The molecule has 0 atom stereocenters. The first-order valence-corrected chi connectivity index (χ1v) is 14.4. The molecule has 0 amide bonds. The highest BCUT2D eigenvalue weighted by Crippen LogP contribution is 2.41. The number of aromatic nitrogens is 1. The van der Waals surface area contributed by atoms with E-state index in [1.54, 1.807) is 13.0 Å². The van der Waals surface area contributed by atoms with E-state index < -0.39 is 58.6 Å². The summed E-state index contributed by atoms with van der Waals surface area (Å²) in [4.78, 5) is 29.1. The Morgan fingerprint density at radius 3 is 1.98 bits per heavy atom. The van der Waals surface area contributed by atoms with E-state index in [1.165, 1.54) is 32.2 Å². The average molecular weight is 639 g/mol. The van der Waals surface area contributed by atoms with Crippen LogP contribution in [-0.4, -0.2) is 28.4 Å². The van der Waals surface area contributed by atoms with Gasteiger partial charge in [-0.05, 0) is 105 Å². The van der Waals surface area contributed by atoms with Gasteiger partial charge in [-0.15, -0.1) is 0 Å². The molecule has 4 rings (SSSR count). The van der Waals surface area contributed by atoms with E-state index in [9.17, 15) is 40.3 Å². The van der Waals surface area contributed by atoms with Crippen molar-refractivity contribution < 1.29 is 45.4 Å². The molecule has 0 radical (unpaired) electrons. The van der Waals surface area contributed by atoms with Gasteiger partial charge in [0.25, 0.3) is 0 Å². The largest absolute Gasteiger partial charge is 0.481 e. The third-order valence-corrected chi connectivity index (χ3v) is 8.58. The van der Waals surface area contributed by atoms with E-state index >= 15 is 0 Å². The fourth-order valence-electron chi connectivity index (χ4n) is 5.77. The van der Waals surface area contributed by atoms with E-state index in [1.807, 2.05) is 6.07 Å². The number of carboxylic acid groups (broad SMARTS) is 1. The molecule has 0 saturated heterocycles. The number of aliphatic carboxylic acids is 1. The number of carbonyl (C=O) groups excluding carboxylic acids is 1. The lowest BCUT2D eigenvalue weighted by Gasteiger charge is -2.28. The Labute approximate surface area is 255 Å². The zero-order chi connectivity index (χ0) is 33.3. The number of halogens is 7. The summed E-state index contributed by atoms with van der Waals surface area (Å²) < 4.78 is 94.8. The zero-order valence-corrected chi connectivity index (χ0v) is 24.9. The van der Waals surface area contributed by atoms with Crippen molar-refractivity contribution in [2.24, 2.45) is 5.92 Å². The van der Waals surface area contributed by atoms with E-state index in [2.05, 4.69) is 10.3 Å². The Hall–Kier alpha value is -3.96. The van der Waals surface area contributed by atoms with Crippen molar-refractivity contribution in [3.05, 3.63) is 82.4 Å². The minimum absolute atomic E-state index is 0.0193. The van der Waals surface area contributed by atoms with Crippen LogP contribution in [0.25, 0.3) is 11.1 Å². The molecule has 0 bridgehead atoms. The van der Waals surface area contributed by atoms with Gasteiger partial charge < -0.3 is 10.4 Å². The third kappa shape index (κ3) is 8.01. The highest BCUT2D eigenvalue weighted by molar-refractivity contribution is 5.93. The first kappa shape index (κ1) is 33.9. The first-order valence-electron chi connectivity index (χ1n) is 14.4. The highest BCUT2D eigenvalue weighted by Gasteiger charge is 2.40. The van der Waals surface area contributed by atoms with Crippen LogP contribution in [0.5, 0.6) is 0 Å². The number of alkyl halides is 6. The second-order valence-corrected chi connectivity index (χ2v) is 12.1. The summed E-state index contributed by atoms with van der Waals surface area (Å²) >= 11 is 0. The lowest BCUT2D eigenvalue weighted by molar-refractivity contribution is -0.143. The predicted octanol–water partition coefficient (Wildman–Crippen LogP) is 8.94. The fourth-order valence-corrected chi connectivity index (χ4v) is 5.77. The molecular weight excluding hydrogens is 605 g/mol. The van der Waals surface area contributed by atoms with Gasteiger partial charge in [-0.1, -0.05) is 6.07 Å². The van der Waals surface area contributed by atoms with Crippen LogP contribution in [-0.2, 0) is 27.4 Å². The molecule has 5 nitrogen and oxygen atoms in total. The van der Waals surface area contributed by atoms with Gasteiger partial charge in [-0.3, -0.25) is 14.6 Å². The summed E-state index contributed by atoms with van der Waals surface area (Å²) in [5.74, 6) is -1.83.